The number of anilines is 1. The van der Waals surface area contributed by atoms with E-state index in [2.05, 4.69) is 32.8 Å². The fourth-order valence-electron chi connectivity index (χ4n) is 3.96. The second kappa shape index (κ2) is 6.67. The van der Waals surface area contributed by atoms with Crippen molar-refractivity contribution in [1.29, 1.82) is 0 Å². The van der Waals surface area contributed by atoms with E-state index in [-0.39, 0.29) is 5.92 Å². The first-order chi connectivity index (χ1) is 11.7. The molecule has 0 radical (unpaired) electrons. The lowest BCUT2D eigenvalue weighted by Gasteiger charge is -2.37. The van der Waals surface area contributed by atoms with Gasteiger partial charge in [0.15, 0.2) is 0 Å². The minimum absolute atomic E-state index is 0.274. The predicted octanol–water partition coefficient (Wildman–Crippen LogP) is 3.23. The number of aromatic nitrogens is 2. The molecule has 1 saturated heterocycles. The Morgan fingerprint density at radius 1 is 1.12 bits per heavy atom. The molecule has 0 aromatic carbocycles. The molecule has 4 rings (SSSR count). The van der Waals surface area contributed by atoms with E-state index < -0.39 is 0 Å². The van der Waals surface area contributed by atoms with Crippen LogP contribution in [0, 0.1) is 12.8 Å². The van der Waals surface area contributed by atoms with Crippen molar-refractivity contribution < 1.29 is 4.79 Å². The first-order valence-corrected chi connectivity index (χ1v) is 9.79. The number of amides is 1. The van der Waals surface area contributed by atoms with Crippen LogP contribution in [0.4, 0.5) is 5.82 Å². The summed E-state index contributed by atoms with van der Waals surface area (Å²) in [6.45, 7) is 5.45. The Kier molecular flexibility index (Phi) is 4.39. The number of thiophene rings is 1. The second-order valence-electron chi connectivity index (χ2n) is 6.92. The van der Waals surface area contributed by atoms with Gasteiger partial charge in [0.1, 0.15) is 17.0 Å². The molecule has 1 saturated carbocycles. The van der Waals surface area contributed by atoms with Crippen LogP contribution in [-0.4, -0.2) is 47.0 Å². The highest BCUT2D eigenvalue weighted by atomic mass is 32.1. The fourth-order valence-corrected chi connectivity index (χ4v) is 4.80. The number of fused-ring (bicyclic) bond motifs is 1. The minimum Gasteiger partial charge on any atom is -0.352 e. The summed E-state index contributed by atoms with van der Waals surface area (Å²) in [6, 6.07) is 2.18. The first kappa shape index (κ1) is 15.8. The first-order valence-electron chi connectivity index (χ1n) is 8.97. The van der Waals surface area contributed by atoms with E-state index in [1.54, 1.807) is 17.7 Å². The fraction of sp³-hybridized carbons (Fsp3) is 0.611. The van der Waals surface area contributed by atoms with Gasteiger partial charge in [-0.15, -0.1) is 11.3 Å². The van der Waals surface area contributed by atoms with Crippen LogP contribution < -0.4 is 4.90 Å². The molecule has 0 spiro atoms. The Labute approximate surface area is 146 Å². The SMILES string of the molecule is Cc1cc2c(N3CCN(C(=O)C4CCCCC4)CC3)ncnc2s1. The van der Waals surface area contributed by atoms with Crippen molar-refractivity contribution in [3.05, 3.63) is 17.3 Å². The Hall–Kier alpha value is -1.69. The summed E-state index contributed by atoms with van der Waals surface area (Å²) in [7, 11) is 0. The van der Waals surface area contributed by atoms with Gasteiger partial charge in [0, 0.05) is 37.0 Å². The van der Waals surface area contributed by atoms with Crippen molar-refractivity contribution in [2.45, 2.75) is 39.0 Å². The van der Waals surface area contributed by atoms with Crippen molar-refractivity contribution in [2.24, 2.45) is 5.92 Å². The van der Waals surface area contributed by atoms with Crippen LogP contribution >= 0.6 is 11.3 Å². The number of carbonyl (C=O) groups excluding carboxylic acids is 1. The topological polar surface area (TPSA) is 49.3 Å². The summed E-state index contributed by atoms with van der Waals surface area (Å²) in [5.74, 6) is 1.68. The molecule has 2 aromatic rings. The van der Waals surface area contributed by atoms with Gasteiger partial charge in [0.2, 0.25) is 5.91 Å². The molecule has 0 N–H and O–H groups in total. The van der Waals surface area contributed by atoms with Crippen LogP contribution in [0.5, 0.6) is 0 Å². The van der Waals surface area contributed by atoms with Crippen molar-refractivity contribution in [3.63, 3.8) is 0 Å². The van der Waals surface area contributed by atoms with Gasteiger partial charge < -0.3 is 9.80 Å². The summed E-state index contributed by atoms with van der Waals surface area (Å²) < 4.78 is 0. The van der Waals surface area contributed by atoms with Crippen LogP contribution in [-0.2, 0) is 4.79 Å². The van der Waals surface area contributed by atoms with Crippen LogP contribution in [0.25, 0.3) is 10.2 Å². The molecule has 1 aliphatic heterocycles. The Morgan fingerprint density at radius 2 is 1.88 bits per heavy atom. The van der Waals surface area contributed by atoms with Gasteiger partial charge in [-0.1, -0.05) is 19.3 Å². The quantitative estimate of drug-likeness (QED) is 0.839. The molecule has 2 fully saturated rings. The third-order valence-electron chi connectivity index (χ3n) is 5.28. The molecule has 2 aromatic heterocycles. The summed E-state index contributed by atoms with van der Waals surface area (Å²) in [5.41, 5.74) is 0. The number of carbonyl (C=O) groups is 1. The molecule has 0 unspecified atom stereocenters. The Balaban J connectivity index is 1.44. The van der Waals surface area contributed by atoms with E-state index in [9.17, 15) is 4.79 Å². The molecule has 0 bridgehead atoms. The minimum atomic E-state index is 0.274. The average molecular weight is 344 g/mol. The molecule has 6 heteroatoms. The third kappa shape index (κ3) is 2.99. The molecule has 1 amide bonds. The van der Waals surface area contributed by atoms with E-state index >= 15 is 0 Å². The van der Waals surface area contributed by atoms with Gasteiger partial charge in [0.25, 0.3) is 0 Å². The largest absolute Gasteiger partial charge is 0.352 e. The zero-order valence-corrected chi connectivity index (χ0v) is 15.0. The zero-order valence-electron chi connectivity index (χ0n) is 14.2. The molecule has 0 atom stereocenters. The third-order valence-corrected chi connectivity index (χ3v) is 6.24. The van der Waals surface area contributed by atoms with Gasteiger partial charge in [-0.3, -0.25) is 4.79 Å². The molecular weight excluding hydrogens is 320 g/mol. The summed E-state index contributed by atoms with van der Waals surface area (Å²) >= 11 is 1.71. The lowest BCUT2D eigenvalue weighted by molar-refractivity contribution is -0.136. The van der Waals surface area contributed by atoms with Gasteiger partial charge in [-0.25, -0.2) is 9.97 Å². The average Bonchev–Trinajstić information content (AvgIpc) is 3.02. The Morgan fingerprint density at radius 3 is 2.62 bits per heavy atom. The van der Waals surface area contributed by atoms with Gasteiger partial charge in [0.05, 0.1) is 5.39 Å². The van der Waals surface area contributed by atoms with Crippen LogP contribution in [0.15, 0.2) is 12.4 Å². The van der Waals surface area contributed by atoms with Crippen LogP contribution in [0.3, 0.4) is 0 Å². The van der Waals surface area contributed by atoms with Gasteiger partial charge in [-0.05, 0) is 25.8 Å². The standard InChI is InChI=1S/C18H24N4OS/c1-13-11-15-16(19-12-20-17(15)24-13)21-7-9-22(10-8-21)18(23)14-5-3-2-4-6-14/h11-12,14H,2-10H2,1H3. The van der Waals surface area contributed by atoms with E-state index in [0.717, 1.165) is 55.1 Å². The molecule has 1 aliphatic carbocycles. The van der Waals surface area contributed by atoms with E-state index in [1.807, 2.05) is 0 Å². The number of hydrogen-bond donors (Lipinski definition) is 0. The maximum Gasteiger partial charge on any atom is 0.225 e. The lowest BCUT2D eigenvalue weighted by atomic mass is 9.88. The number of hydrogen-bond acceptors (Lipinski definition) is 5. The van der Waals surface area contributed by atoms with E-state index in [0.29, 0.717) is 5.91 Å². The highest BCUT2D eigenvalue weighted by molar-refractivity contribution is 7.18. The van der Waals surface area contributed by atoms with Crippen molar-refractivity contribution >= 4 is 33.3 Å². The summed E-state index contributed by atoms with van der Waals surface area (Å²) in [6.07, 6.45) is 7.55. The predicted molar refractivity (Wildman–Crippen MR) is 97.5 cm³/mol. The lowest BCUT2D eigenvalue weighted by Crippen LogP contribution is -2.50. The second-order valence-corrected chi connectivity index (χ2v) is 8.16. The molecule has 2 aliphatic rings. The summed E-state index contributed by atoms with van der Waals surface area (Å²) in [5, 5.41) is 1.15. The zero-order chi connectivity index (χ0) is 16.5. The number of nitrogens with zero attached hydrogens (tertiary/aromatic N) is 4. The van der Waals surface area contributed by atoms with E-state index in [4.69, 9.17) is 0 Å². The van der Waals surface area contributed by atoms with Gasteiger partial charge in [-0.2, -0.15) is 0 Å². The Bertz CT molecular complexity index is 730. The maximum absolute atomic E-state index is 12.7. The highest BCUT2D eigenvalue weighted by Gasteiger charge is 2.29. The highest BCUT2D eigenvalue weighted by Crippen LogP contribution is 2.31. The normalized spacial score (nSPS) is 19.9. The molecule has 128 valence electrons. The number of piperazine rings is 1. The van der Waals surface area contributed by atoms with Crippen molar-refractivity contribution in [1.82, 2.24) is 14.9 Å². The van der Waals surface area contributed by atoms with Crippen LogP contribution in [0.1, 0.15) is 37.0 Å². The molecule has 3 heterocycles. The van der Waals surface area contributed by atoms with Crippen molar-refractivity contribution in [2.75, 3.05) is 31.1 Å². The summed E-state index contributed by atoms with van der Waals surface area (Å²) in [4.78, 5) is 28.3. The maximum atomic E-state index is 12.7. The molecule has 5 nitrogen and oxygen atoms in total. The van der Waals surface area contributed by atoms with Gasteiger partial charge >= 0.3 is 0 Å². The van der Waals surface area contributed by atoms with E-state index in [1.165, 1.54) is 24.1 Å². The number of aryl methyl sites for hydroxylation is 1. The number of rotatable bonds is 2. The van der Waals surface area contributed by atoms with Crippen molar-refractivity contribution in [3.8, 4) is 0 Å². The molecular formula is C18H24N4OS. The van der Waals surface area contributed by atoms with Crippen LogP contribution in [0.2, 0.25) is 0 Å². The molecule has 24 heavy (non-hydrogen) atoms. The monoisotopic (exact) mass is 344 g/mol. The smallest absolute Gasteiger partial charge is 0.225 e.